The number of carbonyl (C=O) groups is 1. The molecule has 3 rings (SSSR count). The Hall–Kier alpha value is -2.90. The Bertz CT molecular complexity index is 792. The van der Waals surface area contributed by atoms with Crippen LogP contribution < -0.4 is 14.8 Å². The largest absolute Gasteiger partial charge is 0.573 e. The molecule has 0 aliphatic carbocycles. The molecule has 2 aromatic carbocycles. The second-order valence-corrected chi connectivity index (χ2v) is 5.44. The Balaban J connectivity index is 2.01. The summed E-state index contributed by atoms with van der Waals surface area (Å²) in [6.07, 6.45) is -5.55. The Labute approximate surface area is 141 Å². The van der Waals surface area contributed by atoms with E-state index in [9.17, 15) is 18.0 Å². The van der Waals surface area contributed by atoms with E-state index in [-0.39, 0.29) is 11.3 Å². The monoisotopic (exact) mass is 353 g/mol. The molecule has 0 bridgehead atoms. The molecule has 8 heteroatoms. The molecule has 1 unspecified atom stereocenters. The van der Waals surface area contributed by atoms with Crippen LogP contribution in [0, 0.1) is 0 Å². The van der Waals surface area contributed by atoms with Gasteiger partial charge in [-0.15, -0.1) is 13.2 Å². The van der Waals surface area contributed by atoms with Crippen molar-refractivity contribution in [1.82, 2.24) is 5.32 Å². The Morgan fingerprint density at radius 1 is 1.24 bits per heavy atom. The first-order valence-corrected chi connectivity index (χ1v) is 7.45. The summed E-state index contributed by atoms with van der Waals surface area (Å²) in [5, 5.41) is 11.3. The zero-order valence-corrected chi connectivity index (χ0v) is 12.8. The molecule has 1 heterocycles. The summed E-state index contributed by atoms with van der Waals surface area (Å²) in [5.74, 6) is 0.178. The quantitative estimate of drug-likeness (QED) is 0.861. The number of ether oxygens (including phenoxy) is 2. The maximum Gasteiger partial charge on any atom is 0.573 e. The molecule has 1 atom stereocenters. The average molecular weight is 353 g/mol. The van der Waals surface area contributed by atoms with Crippen LogP contribution in [-0.2, 0) is 0 Å². The molecule has 1 aliphatic heterocycles. The van der Waals surface area contributed by atoms with Gasteiger partial charge in [0.05, 0.1) is 12.6 Å². The van der Waals surface area contributed by atoms with Gasteiger partial charge in [-0.2, -0.15) is 0 Å². The molecular formula is C17H14F3NO4. The van der Waals surface area contributed by atoms with Gasteiger partial charge in [0.2, 0.25) is 0 Å². The van der Waals surface area contributed by atoms with Crippen molar-refractivity contribution < 1.29 is 32.5 Å². The van der Waals surface area contributed by atoms with Crippen molar-refractivity contribution in [3.05, 3.63) is 48.0 Å². The number of rotatable bonds is 3. The van der Waals surface area contributed by atoms with Crippen LogP contribution in [0.15, 0.2) is 42.5 Å². The number of hydrogen-bond donors (Lipinski definition) is 2. The summed E-state index contributed by atoms with van der Waals surface area (Å²) in [5.41, 5.74) is 1.30. The minimum Gasteiger partial charge on any atom is -0.493 e. The zero-order valence-electron chi connectivity index (χ0n) is 12.8. The lowest BCUT2D eigenvalue weighted by atomic mass is 9.95. The standard InChI is InChI=1S/C17H14F3NO4/c18-17(19,20)25-15-4-2-1-3-11(15)10-5-6-14-12(9-10)13(7-8-24-14)21-16(22)23/h1-6,9,13,21H,7-8H2,(H,22,23). The first-order valence-electron chi connectivity index (χ1n) is 7.45. The van der Waals surface area contributed by atoms with E-state index < -0.39 is 18.5 Å². The third-order valence-corrected chi connectivity index (χ3v) is 3.77. The number of carboxylic acid groups (broad SMARTS) is 1. The molecule has 0 radical (unpaired) electrons. The maximum absolute atomic E-state index is 12.6. The van der Waals surface area contributed by atoms with Crippen LogP contribution in [0.4, 0.5) is 18.0 Å². The number of benzene rings is 2. The number of alkyl halides is 3. The van der Waals surface area contributed by atoms with Crippen LogP contribution in [0.5, 0.6) is 11.5 Å². The Morgan fingerprint density at radius 3 is 2.72 bits per heavy atom. The van der Waals surface area contributed by atoms with Crippen molar-refractivity contribution in [3.63, 3.8) is 0 Å². The topological polar surface area (TPSA) is 67.8 Å². The van der Waals surface area contributed by atoms with Crippen molar-refractivity contribution >= 4 is 6.09 Å². The van der Waals surface area contributed by atoms with Crippen molar-refractivity contribution in [2.75, 3.05) is 6.61 Å². The lowest BCUT2D eigenvalue weighted by molar-refractivity contribution is -0.274. The fourth-order valence-electron chi connectivity index (χ4n) is 2.78. The smallest absolute Gasteiger partial charge is 0.493 e. The maximum atomic E-state index is 12.6. The second kappa shape index (κ2) is 6.54. The van der Waals surface area contributed by atoms with Gasteiger partial charge in [-0.1, -0.05) is 24.3 Å². The van der Waals surface area contributed by atoms with Gasteiger partial charge in [0, 0.05) is 17.5 Å². The van der Waals surface area contributed by atoms with Crippen LogP contribution in [0.25, 0.3) is 11.1 Å². The van der Waals surface area contributed by atoms with E-state index in [1.54, 1.807) is 24.3 Å². The molecule has 0 saturated heterocycles. The molecule has 1 amide bonds. The van der Waals surface area contributed by atoms with Crippen molar-refractivity contribution in [1.29, 1.82) is 0 Å². The predicted octanol–water partition coefficient (Wildman–Crippen LogP) is 4.34. The molecular weight excluding hydrogens is 339 g/mol. The first-order chi connectivity index (χ1) is 11.8. The Morgan fingerprint density at radius 2 is 2.00 bits per heavy atom. The third-order valence-electron chi connectivity index (χ3n) is 3.77. The van der Waals surface area contributed by atoms with E-state index in [2.05, 4.69) is 10.1 Å². The van der Waals surface area contributed by atoms with Crippen LogP contribution in [0.3, 0.4) is 0 Å². The van der Waals surface area contributed by atoms with E-state index in [4.69, 9.17) is 9.84 Å². The van der Waals surface area contributed by atoms with Crippen molar-refractivity contribution in [2.24, 2.45) is 0 Å². The highest BCUT2D eigenvalue weighted by Gasteiger charge is 2.32. The molecule has 25 heavy (non-hydrogen) atoms. The van der Waals surface area contributed by atoms with Crippen LogP contribution >= 0.6 is 0 Å². The minimum atomic E-state index is -4.80. The molecule has 0 spiro atoms. The third kappa shape index (κ3) is 3.96. The highest BCUT2D eigenvalue weighted by atomic mass is 19.4. The van der Waals surface area contributed by atoms with E-state index in [0.29, 0.717) is 29.9 Å². The molecule has 0 aromatic heterocycles. The molecule has 5 nitrogen and oxygen atoms in total. The van der Waals surface area contributed by atoms with Gasteiger partial charge in [-0.3, -0.25) is 0 Å². The van der Waals surface area contributed by atoms with Gasteiger partial charge in [-0.25, -0.2) is 4.79 Å². The molecule has 0 saturated carbocycles. The number of fused-ring (bicyclic) bond motifs is 1. The minimum absolute atomic E-state index is 0.252. The Kier molecular flexibility index (Phi) is 4.43. The lowest BCUT2D eigenvalue weighted by Gasteiger charge is -2.26. The van der Waals surface area contributed by atoms with E-state index >= 15 is 0 Å². The number of nitrogens with one attached hydrogen (secondary N) is 1. The number of halogens is 3. The van der Waals surface area contributed by atoms with Crippen molar-refractivity contribution in [3.8, 4) is 22.6 Å². The fraction of sp³-hybridized carbons (Fsp3) is 0.235. The van der Waals surface area contributed by atoms with Crippen molar-refractivity contribution in [2.45, 2.75) is 18.8 Å². The van der Waals surface area contributed by atoms with E-state index in [1.807, 2.05) is 0 Å². The molecule has 2 N–H and O–H groups in total. The molecule has 1 aliphatic rings. The summed E-state index contributed by atoms with van der Waals surface area (Å²) in [7, 11) is 0. The van der Waals surface area contributed by atoms with Gasteiger partial charge in [0.1, 0.15) is 11.5 Å². The average Bonchev–Trinajstić information content (AvgIpc) is 2.53. The van der Waals surface area contributed by atoms with Crippen LogP contribution in [0.1, 0.15) is 18.0 Å². The number of para-hydroxylation sites is 1. The van der Waals surface area contributed by atoms with E-state index in [1.165, 1.54) is 18.2 Å². The van der Waals surface area contributed by atoms with Gasteiger partial charge in [-0.05, 0) is 23.8 Å². The van der Waals surface area contributed by atoms with Crippen LogP contribution in [-0.4, -0.2) is 24.2 Å². The van der Waals surface area contributed by atoms with E-state index in [0.717, 1.165) is 0 Å². The van der Waals surface area contributed by atoms with Crippen LogP contribution in [0.2, 0.25) is 0 Å². The number of amides is 1. The van der Waals surface area contributed by atoms with Gasteiger partial charge >= 0.3 is 12.5 Å². The lowest BCUT2D eigenvalue weighted by Crippen LogP contribution is -2.30. The second-order valence-electron chi connectivity index (χ2n) is 5.44. The fourth-order valence-corrected chi connectivity index (χ4v) is 2.78. The highest BCUT2D eigenvalue weighted by Crippen LogP contribution is 2.39. The summed E-state index contributed by atoms with van der Waals surface area (Å²) in [6.45, 7) is 0.352. The number of hydrogen-bond acceptors (Lipinski definition) is 3. The molecule has 0 fully saturated rings. The zero-order chi connectivity index (χ0) is 18.0. The molecule has 2 aromatic rings. The summed E-state index contributed by atoms with van der Waals surface area (Å²) in [4.78, 5) is 10.9. The van der Waals surface area contributed by atoms with Gasteiger partial charge in [0.15, 0.2) is 0 Å². The first kappa shape index (κ1) is 16.9. The summed E-state index contributed by atoms with van der Waals surface area (Å²) in [6, 6.07) is 10.1. The van der Waals surface area contributed by atoms with Gasteiger partial charge in [0.25, 0.3) is 0 Å². The highest BCUT2D eigenvalue weighted by molar-refractivity contribution is 5.73. The normalized spacial score (nSPS) is 16.5. The molecule has 132 valence electrons. The SMILES string of the molecule is O=C(O)NC1CCOc2ccc(-c3ccccc3OC(F)(F)F)cc21. The summed E-state index contributed by atoms with van der Waals surface area (Å²) < 4.78 is 47.4. The summed E-state index contributed by atoms with van der Waals surface area (Å²) >= 11 is 0. The predicted molar refractivity (Wildman–Crippen MR) is 82.6 cm³/mol. The van der Waals surface area contributed by atoms with Gasteiger partial charge < -0.3 is 19.9 Å².